The zero-order chi connectivity index (χ0) is 18.1. The number of halogens is 3. The third-order valence-electron chi connectivity index (χ3n) is 4.47. The molecule has 0 aromatic carbocycles. The van der Waals surface area contributed by atoms with Crippen molar-refractivity contribution in [3.05, 3.63) is 12.4 Å². The molecule has 1 heterocycles. The average Bonchev–Trinajstić information content (AvgIpc) is 2.95. The fourth-order valence-corrected chi connectivity index (χ4v) is 2.86. The first-order valence-corrected chi connectivity index (χ1v) is 7.69. The molecule has 0 radical (unpaired) electrons. The van der Waals surface area contributed by atoms with Crippen LogP contribution in [0.3, 0.4) is 0 Å². The highest BCUT2D eigenvalue weighted by Gasteiger charge is 2.48. The van der Waals surface area contributed by atoms with Gasteiger partial charge in [0.05, 0.1) is 17.8 Å². The van der Waals surface area contributed by atoms with Crippen molar-refractivity contribution in [3.63, 3.8) is 0 Å². The summed E-state index contributed by atoms with van der Waals surface area (Å²) in [5, 5.41) is 15.4. The number of carbonyl (C=O) groups is 2. The lowest BCUT2D eigenvalue weighted by Crippen LogP contribution is -2.39. The van der Waals surface area contributed by atoms with E-state index < -0.39 is 35.4 Å². The van der Waals surface area contributed by atoms with E-state index in [9.17, 15) is 22.8 Å². The largest absolute Gasteiger partial charge is 0.479 e. The number of carboxylic acids is 1. The lowest BCUT2D eigenvalue weighted by molar-refractivity contribution is -0.197. The van der Waals surface area contributed by atoms with E-state index in [1.807, 2.05) is 0 Å². The zero-order valence-electron chi connectivity index (χ0n) is 13.4. The minimum Gasteiger partial charge on any atom is -0.479 e. The van der Waals surface area contributed by atoms with Crippen LogP contribution in [-0.4, -0.2) is 32.9 Å². The maximum absolute atomic E-state index is 13.1. The van der Waals surface area contributed by atoms with Crippen LogP contribution in [0, 0.1) is 11.8 Å². The fraction of sp³-hybridized carbons (Fsp3) is 0.667. The van der Waals surface area contributed by atoms with E-state index in [1.165, 1.54) is 26.2 Å². The van der Waals surface area contributed by atoms with Gasteiger partial charge in [0.1, 0.15) is 0 Å². The highest BCUT2D eigenvalue weighted by atomic mass is 19.4. The predicted octanol–water partition coefficient (Wildman–Crippen LogP) is 3.01. The zero-order valence-corrected chi connectivity index (χ0v) is 13.4. The molecule has 1 aliphatic carbocycles. The van der Waals surface area contributed by atoms with Crippen molar-refractivity contribution >= 4 is 17.6 Å². The highest BCUT2D eigenvalue weighted by Crippen LogP contribution is 2.41. The molecule has 0 bridgehead atoms. The molecule has 1 saturated carbocycles. The summed E-state index contributed by atoms with van der Waals surface area (Å²) < 4.78 is 40.4. The highest BCUT2D eigenvalue weighted by molar-refractivity contribution is 5.92. The normalized spacial score (nSPS) is 22.2. The lowest BCUT2D eigenvalue weighted by Gasteiger charge is -2.31. The van der Waals surface area contributed by atoms with Crippen molar-refractivity contribution in [2.45, 2.75) is 51.2 Å². The first kappa shape index (κ1) is 18.3. The maximum Gasteiger partial charge on any atom is 0.392 e. The Balaban J connectivity index is 2.12. The van der Waals surface area contributed by atoms with Gasteiger partial charge in [0, 0.05) is 12.1 Å². The van der Waals surface area contributed by atoms with Gasteiger partial charge in [0.25, 0.3) is 0 Å². The molecular weight excluding hydrogens is 327 g/mol. The number of alkyl halides is 3. The molecule has 1 amide bonds. The molecule has 2 atom stereocenters. The smallest absolute Gasteiger partial charge is 0.392 e. The van der Waals surface area contributed by atoms with Crippen LogP contribution in [-0.2, 0) is 15.1 Å². The third-order valence-corrected chi connectivity index (χ3v) is 4.47. The first-order valence-electron chi connectivity index (χ1n) is 7.69. The van der Waals surface area contributed by atoms with E-state index in [4.69, 9.17) is 5.11 Å². The number of anilines is 1. The Morgan fingerprint density at radius 2 is 1.92 bits per heavy atom. The number of hydrogen-bond donors (Lipinski definition) is 2. The molecule has 1 aromatic heterocycles. The summed E-state index contributed by atoms with van der Waals surface area (Å²) >= 11 is 0. The fourth-order valence-electron chi connectivity index (χ4n) is 2.86. The monoisotopic (exact) mass is 347 g/mol. The molecule has 1 fully saturated rings. The molecule has 134 valence electrons. The quantitative estimate of drug-likeness (QED) is 0.877. The Hall–Kier alpha value is -2.06. The van der Waals surface area contributed by atoms with Crippen LogP contribution in [0.2, 0.25) is 0 Å². The van der Waals surface area contributed by atoms with Crippen LogP contribution < -0.4 is 5.32 Å². The van der Waals surface area contributed by atoms with Gasteiger partial charge in [-0.15, -0.1) is 0 Å². The second kappa shape index (κ2) is 6.45. The Kier molecular flexibility index (Phi) is 4.91. The number of hydrogen-bond acceptors (Lipinski definition) is 3. The molecule has 1 aromatic rings. The SMILES string of the molecule is CC(C)(C(=O)O)n1cc(NC(=O)C2CCCCC2C(F)(F)F)cn1. The van der Waals surface area contributed by atoms with Crippen LogP contribution in [0.4, 0.5) is 18.9 Å². The summed E-state index contributed by atoms with van der Waals surface area (Å²) in [6.07, 6.45) is -0.699. The van der Waals surface area contributed by atoms with Crippen LogP contribution in [0.1, 0.15) is 39.5 Å². The predicted molar refractivity (Wildman–Crippen MR) is 79.3 cm³/mol. The summed E-state index contributed by atoms with van der Waals surface area (Å²) in [6.45, 7) is 2.85. The van der Waals surface area contributed by atoms with Gasteiger partial charge in [-0.1, -0.05) is 12.8 Å². The summed E-state index contributed by atoms with van der Waals surface area (Å²) in [6, 6.07) is 0. The molecule has 6 nitrogen and oxygen atoms in total. The topological polar surface area (TPSA) is 84.2 Å². The number of amides is 1. The van der Waals surface area contributed by atoms with E-state index in [-0.39, 0.29) is 18.5 Å². The van der Waals surface area contributed by atoms with Crippen molar-refractivity contribution < 1.29 is 27.9 Å². The van der Waals surface area contributed by atoms with Gasteiger partial charge in [-0.05, 0) is 26.7 Å². The summed E-state index contributed by atoms with van der Waals surface area (Å²) in [7, 11) is 0. The number of aliphatic carboxylic acids is 1. The Labute approximate surface area is 137 Å². The van der Waals surface area contributed by atoms with Gasteiger partial charge < -0.3 is 10.4 Å². The molecule has 0 spiro atoms. The van der Waals surface area contributed by atoms with E-state index in [0.717, 1.165) is 4.68 Å². The van der Waals surface area contributed by atoms with Crippen LogP contribution in [0.15, 0.2) is 12.4 Å². The Morgan fingerprint density at radius 3 is 2.50 bits per heavy atom. The van der Waals surface area contributed by atoms with Crippen molar-refractivity contribution in [3.8, 4) is 0 Å². The van der Waals surface area contributed by atoms with Crippen LogP contribution in [0.5, 0.6) is 0 Å². The molecule has 24 heavy (non-hydrogen) atoms. The van der Waals surface area contributed by atoms with Crippen LogP contribution in [0.25, 0.3) is 0 Å². The maximum atomic E-state index is 13.1. The molecule has 0 saturated heterocycles. The number of aromatic nitrogens is 2. The van der Waals surface area contributed by atoms with Crippen molar-refractivity contribution in [2.24, 2.45) is 11.8 Å². The van der Waals surface area contributed by atoms with Crippen molar-refractivity contribution in [2.75, 3.05) is 5.32 Å². The minimum absolute atomic E-state index is 0.0487. The minimum atomic E-state index is -4.40. The molecule has 1 aliphatic rings. The number of carbonyl (C=O) groups excluding carboxylic acids is 1. The van der Waals surface area contributed by atoms with E-state index in [2.05, 4.69) is 10.4 Å². The van der Waals surface area contributed by atoms with Gasteiger partial charge >= 0.3 is 12.1 Å². The average molecular weight is 347 g/mol. The summed E-state index contributed by atoms with van der Waals surface area (Å²) in [4.78, 5) is 23.4. The molecule has 2 rings (SSSR count). The van der Waals surface area contributed by atoms with Gasteiger partial charge in [-0.2, -0.15) is 18.3 Å². The van der Waals surface area contributed by atoms with Crippen molar-refractivity contribution in [1.82, 2.24) is 9.78 Å². The van der Waals surface area contributed by atoms with E-state index in [0.29, 0.717) is 12.8 Å². The standard InChI is InChI=1S/C15H20F3N3O3/c1-14(2,13(23)24)21-8-9(7-19-21)20-12(22)10-5-3-4-6-11(10)15(16,17)18/h7-8,10-11H,3-6H2,1-2H3,(H,20,22)(H,23,24). The summed E-state index contributed by atoms with van der Waals surface area (Å²) in [5.74, 6) is -4.59. The van der Waals surface area contributed by atoms with Gasteiger partial charge in [-0.3, -0.25) is 9.48 Å². The Morgan fingerprint density at radius 1 is 1.29 bits per heavy atom. The number of rotatable bonds is 4. The number of nitrogens with one attached hydrogen (secondary N) is 1. The lowest BCUT2D eigenvalue weighted by atomic mass is 9.78. The molecule has 9 heteroatoms. The third kappa shape index (κ3) is 3.70. The Bertz CT molecular complexity index is 625. The van der Waals surface area contributed by atoms with E-state index >= 15 is 0 Å². The van der Waals surface area contributed by atoms with Gasteiger partial charge in [0.2, 0.25) is 5.91 Å². The molecular formula is C15H20F3N3O3. The summed E-state index contributed by atoms with van der Waals surface area (Å²) in [5.41, 5.74) is -1.15. The van der Waals surface area contributed by atoms with Gasteiger partial charge in [-0.25, -0.2) is 4.79 Å². The van der Waals surface area contributed by atoms with Crippen LogP contribution >= 0.6 is 0 Å². The second-order valence-corrected chi connectivity index (χ2v) is 6.57. The number of carboxylic acid groups (broad SMARTS) is 1. The van der Waals surface area contributed by atoms with E-state index in [1.54, 1.807) is 0 Å². The molecule has 2 unspecified atom stereocenters. The van der Waals surface area contributed by atoms with Gasteiger partial charge in [0.15, 0.2) is 5.54 Å². The van der Waals surface area contributed by atoms with Crippen molar-refractivity contribution in [1.29, 1.82) is 0 Å². The molecule has 2 N–H and O–H groups in total. The second-order valence-electron chi connectivity index (χ2n) is 6.57. The number of nitrogens with zero attached hydrogens (tertiary/aromatic N) is 2. The first-order chi connectivity index (χ1) is 11.0. The molecule has 0 aliphatic heterocycles.